The molecule has 82 valence electrons. The highest BCUT2D eigenvalue weighted by Gasteiger charge is 2.12. The van der Waals surface area contributed by atoms with Crippen LogP contribution in [0.25, 0.3) is 5.57 Å². The lowest BCUT2D eigenvalue weighted by atomic mass is 10.2. The molecule has 1 aromatic heterocycles. The van der Waals surface area contributed by atoms with Crippen LogP contribution < -0.4 is 0 Å². The Labute approximate surface area is 95.7 Å². The first kappa shape index (κ1) is 12.4. The van der Waals surface area contributed by atoms with Gasteiger partial charge >= 0.3 is 0 Å². The van der Waals surface area contributed by atoms with Crippen molar-refractivity contribution in [2.75, 3.05) is 6.61 Å². The van der Waals surface area contributed by atoms with E-state index in [0.717, 1.165) is 16.7 Å². The van der Waals surface area contributed by atoms with Crippen LogP contribution in [0.4, 0.5) is 0 Å². The molecule has 0 spiro atoms. The van der Waals surface area contributed by atoms with Gasteiger partial charge in [-0.3, -0.25) is 4.79 Å². The number of thiophene rings is 1. The van der Waals surface area contributed by atoms with Gasteiger partial charge in [-0.15, -0.1) is 11.3 Å². The molecule has 0 bridgehead atoms. The second-order valence-electron chi connectivity index (χ2n) is 4.18. The lowest BCUT2D eigenvalue weighted by molar-refractivity contribution is -0.103. The minimum absolute atomic E-state index is 0.529. The summed E-state index contributed by atoms with van der Waals surface area (Å²) in [7, 11) is -1.48. The molecule has 0 aliphatic rings. The summed E-state index contributed by atoms with van der Waals surface area (Å²) < 4.78 is 5.67. The van der Waals surface area contributed by atoms with Gasteiger partial charge in [-0.25, -0.2) is 0 Å². The van der Waals surface area contributed by atoms with E-state index in [1.54, 1.807) is 11.3 Å². The molecule has 0 saturated carbocycles. The van der Waals surface area contributed by atoms with E-state index in [9.17, 15) is 4.79 Å². The van der Waals surface area contributed by atoms with Gasteiger partial charge in [0.15, 0.2) is 14.6 Å². The van der Waals surface area contributed by atoms with Crippen LogP contribution in [-0.2, 0) is 9.22 Å². The number of rotatable bonds is 5. The Morgan fingerprint density at radius 2 is 2.27 bits per heavy atom. The zero-order valence-electron chi connectivity index (χ0n) is 9.32. The molecule has 15 heavy (non-hydrogen) atoms. The van der Waals surface area contributed by atoms with Gasteiger partial charge in [-0.1, -0.05) is 6.07 Å². The smallest absolute Gasteiger partial charge is 0.184 e. The Morgan fingerprint density at radius 3 is 2.73 bits per heavy atom. The van der Waals surface area contributed by atoms with Crippen molar-refractivity contribution in [3.63, 3.8) is 0 Å². The highest BCUT2D eigenvalue weighted by Crippen LogP contribution is 2.18. The van der Waals surface area contributed by atoms with Crippen molar-refractivity contribution in [1.29, 1.82) is 0 Å². The maximum absolute atomic E-state index is 10.9. The summed E-state index contributed by atoms with van der Waals surface area (Å²) in [4.78, 5) is 11.9. The lowest BCUT2D eigenvalue weighted by Gasteiger charge is -2.15. The van der Waals surface area contributed by atoms with E-state index in [0.29, 0.717) is 6.61 Å². The van der Waals surface area contributed by atoms with Crippen LogP contribution in [0.2, 0.25) is 19.6 Å². The summed E-state index contributed by atoms with van der Waals surface area (Å²) in [5.41, 5.74) is 0.725. The average molecular weight is 240 g/mol. The molecule has 1 aromatic rings. The molecule has 1 rings (SSSR count). The van der Waals surface area contributed by atoms with E-state index in [1.165, 1.54) is 0 Å². The van der Waals surface area contributed by atoms with Crippen molar-refractivity contribution in [3.8, 4) is 0 Å². The predicted molar refractivity (Wildman–Crippen MR) is 67.7 cm³/mol. The van der Waals surface area contributed by atoms with Gasteiger partial charge in [0.25, 0.3) is 0 Å². The zero-order chi connectivity index (χ0) is 11.3. The highest BCUT2D eigenvalue weighted by molar-refractivity contribution is 7.11. The molecule has 0 N–H and O–H groups in total. The summed E-state index contributed by atoms with van der Waals surface area (Å²) in [6.45, 7) is 6.92. The lowest BCUT2D eigenvalue weighted by Crippen LogP contribution is -2.25. The Balaban J connectivity index is 2.60. The second kappa shape index (κ2) is 5.39. The van der Waals surface area contributed by atoms with Crippen molar-refractivity contribution < 1.29 is 9.22 Å². The van der Waals surface area contributed by atoms with Gasteiger partial charge in [-0.05, 0) is 37.2 Å². The fourth-order valence-electron chi connectivity index (χ4n) is 1.03. The Morgan fingerprint density at radius 1 is 1.53 bits per heavy atom. The van der Waals surface area contributed by atoms with Crippen molar-refractivity contribution >= 4 is 31.5 Å². The number of hydrogen-bond donors (Lipinski definition) is 0. The monoisotopic (exact) mass is 240 g/mol. The van der Waals surface area contributed by atoms with E-state index < -0.39 is 8.32 Å². The fraction of sp³-hybridized carbons (Fsp3) is 0.364. The molecule has 0 radical (unpaired) electrons. The van der Waals surface area contributed by atoms with Crippen molar-refractivity contribution in [2.24, 2.45) is 0 Å². The molecule has 4 heteroatoms. The van der Waals surface area contributed by atoms with Gasteiger partial charge in [0, 0.05) is 10.5 Å². The minimum Gasteiger partial charge on any atom is -0.414 e. The highest BCUT2D eigenvalue weighted by atomic mass is 32.1. The molecule has 0 aliphatic heterocycles. The van der Waals surface area contributed by atoms with Crippen LogP contribution >= 0.6 is 11.3 Å². The normalized spacial score (nSPS) is 12.9. The maximum atomic E-state index is 10.9. The van der Waals surface area contributed by atoms with Crippen molar-refractivity contribution in [1.82, 2.24) is 0 Å². The van der Waals surface area contributed by atoms with Gasteiger partial charge < -0.3 is 4.43 Å². The SMILES string of the molecule is C[Si](C)(C)OC/C=C(\C=O)c1cccs1. The van der Waals surface area contributed by atoms with Crippen LogP contribution in [0.3, 0.4) is 0 Å². The summed E-state index contributed by atoms with van der Waals surface area (Å²) >= 11 is 1.57. The first-order valence-electron chi connectivity index (χ1n) is 4.86. The van der Waals surface area contributed by atoms with Crippen LogP contribution in [-0.4, -0.2) is 21.2 Å². The number of hydrogen-bond acceptors (Lipinski definition) is 3. The number of carbonyl (C=O) groups excluding carboxylic acids is 1. The largest absolute Gasteiger partial charge is 0.414 e. The van der Waals surface area contributed by atoms with Crippen molar-refractivity contribution in [3.05, 3.63) is 28.5 Å². The van der Waals surface area contributed by atoms with Crippen molar-refractivity contribution in [2.45, 2.75) is 19.6 Å². The molecule has 2 nitrogen and oxygen atoms in total. The zero-order valence-corrected chi connectivity index (χ0v) is 11.1. The van der Waals surface area contributed by atoms with Gasteiger partial charge in [0.2, 0.25) is 0 Å². The summed E-state index contributed by atoms with van der Waals surface area (Å²) in [6.07, 6.45) is 2.75. The third-order valence-corrected chi connectivity index (χ3v) is 3.70. The summed E-state index contributed by atoms with van der Waals surface area (Å²) in [6, 6.07) is 3.89. The molecule has 0 saturated heterocycles. The molecule has 0 fully saturated rings. The Hall–Kier alpha value is -0.713. The molecule has 0 atom stereocenters. The summed E-state index contributed by atoms with van der Waals surface area (Å²) in [5, 5.41) is 1.96. The average Bonchev–Trinajstić information content (AvgIpc) is 2.63. The van der Waals surface area contributed by atoms with Crippen LogP contribution in [0, 0.1) is 0 Å². The molecule has 1 heterocycles. The molecular weight excluding hydrogens is 224 g/mol. The first-order valence-corrected chi connectivity index (χ1v) is 9.15. The topological polar surface area (TPSA) is 26.3 Å². The number of aldehydes is 1. The Kier molecular flexibility index (Phi) is 4.44. The predicted octanol–water partition coefficient (Wildman–Crippen LogP) is 3.18. The molecule has 0 aromatic carbocycles. The van der Waals surface area contributed by atoms with Crippen LogP contribution in [0.1, 0.15) is 4.88 Å². The van der Waals surface area contributed by atoms with Gasteiger partial charge in [0.1, 0.15) is 0 Å². The van der Waals surface area contributed by atoms with Crippen LogP contribution in [0.15, 0.2) is 23.6 Å². The minimum atomic E-state index is -1.48. The molecular formula is C11H16O2SSi. The summed E-state index contributed by atoms with van der Waals surface area (Å²) in [5.74, 6) is 0. The van der Waals surface area contributed by atoms with Gasteiger partial charge in [-0.2, -0.15) is 0 Å². The van der Waals surface area contributed by atoms with E-state index in [-0.39, 0.29) is 0 Å². The molecule has 0 aliphatic carbocycles. The number of carbonyl (C=O) groups is 1. The standard InChI is InChI=1S/C11H16O2SSi/c1-15(2,3)13-7-6-10(9-12)11-5-4-8-14-11/h4-6,8-9H,7H2,1-3H3/b10-6+. The van der Waals surface area contributed by atoms with Gasteiger partial charge in [0.05, 0.1) is 6.61 Å². The maximum Gasteiger partial charge on any atom is 0.184 e. The third-order valence-electron chi connectivity index (χ3n) is 1.75. The molecule has 0 unspecified atom stereocenters. The third kappa shape index (κ3) is 4.55. The second-order valence-corrected chi connectivity index (χ2v) is 9.64. The van der Waals surface area contributed by atoms with E-state index >= 15 is 0 Å². The quantitative estimate of drug-likeness (QED) is 0.449. The van der Waals surface area contributed by atoms with E-state index in [1.807, 2.05) is 23.6 Å². The first-order chi connectivity index (χ1) is 7.03. The van der Waals surface area contributed by atoms with E-state index in [2.05, 4.69) is 19.6 Å². The Bertz CT molecular complexity index is 336. The van der Waals surface area contributed by atoms with Crippen LogP contribution in [0.5, 0.6) is 0 Å². The fourth-order valence-corrected chi connectivity index (χ4v) is 2.34. The number of allylic oxidation sites excluding steroid dienone is 1. The van der Waals surface area contributed by atoms with E-state index in [4.69, 9.17) is 4.43 Å². The molecule has 0 amide bonds.